The summed E-state index contributed by atoms with van der Waals surface area (Å²) in [6.45, 7) is -0.446. The molecule has 27 heavy (non-hydrogen) atoms. The van der Waals surface area contributed by atoms with Crippen LogP contribution in [0.25, 0.3) is 0 Å². The number of nitrogens with one attached hydrogen (secondary N) is 2. The van der Waals surface area contributed by atoms with Crippen molar-refractivity contribution in [3.8, 4) is 5.75 Å². The molecule has 0 unspecified atom stereocenters. The second-order valence-electron chi connectivity index (χ2n) is 6.39. The van der Waals surface area contributed by atoms with Gasteiger partial charge in [0.05, 0.1) is 12.5 Å². The summed E-state index contributed by atoms with van der Waals surface area (Å²) in [7, 11) is 1.58. The molecule has 7 nitrogen and oxygen atoms in total. The third kappa shape index (κ3) is 3.92. The molecule has 0 bridgehead atoms. The lowest BCUT2D eigenvalue weighted by Gasteiger charge is -2.18. The molecule has 2 aromatic carbocycles. The summed E-state index contributed by atoms with van der Waals surface area (Å²) in [5.41, 5.74) is 1.16. The van der Waals surface area contributed by atoms with E-state index in [0.717, 1.165) is 18.4 Å². The minimum atomic E-state index is -1.11. The van der Waals surface area contributed by atoms with E-state index in [4.69, 9.17) is 9.84 Å². The van der Waals surface area contributed by atoms with Crippen LogP contribution in [-0.2, 0) is 15.0 Å². The Morgan fingerprint density at radius 1 is 1.07 bits per heavy atom. The summed E-state index contributed by atoms with van der Waals surface area (Å²) in [4.78, 5) is 35.2. The Morgan fingerprint density at radius 3 is 2.33 bits per heavy atom. The van der Waals surface area contributed by atoms with Crippen molar-refractivity contribution in [2.75, 3.05) is 19.0 Å². The molecule has 0 aromatic heterocycles. The number of para-hydroxylation sites is 1. The number of aliphatic carboxylic acids is 1. The highest BCUT2D eigenvalue weighted by atomic mass is 16.5. The predicted molar refractivity (Wildman–Crippen MR) is 98.9 cm³/mol. The highest BCUT2D eigenvalue weighted by Gasteiger charge is 2.52. The number of benzene rings is 2. The lowest BCUT2D eigenvalue weighted by molar-refractivity contribution is -0.135. The van der Waals surface area contributed by atoms with Crippen LogP contribution in [0.1, 0.15) is 28.8 Å². The molecule has 3 N–H and O–H groups in total. The highest BCUT2D eigenvalue weighted by Crippen LogP contribution is 2.51. The standard InChI is InChI=1S/C20H20N2O5/c1-27-16-5-3-2-4-15(16)20(10-11-20)19(26)22-14-8-6-13(7-9-14)18(25)21-12-17(23)24/h2-9H,10-12H2,1H3,(H,21,25)(H,22,26)(H,23,24). The molecule has 0 atom stereocenters. The van der Waals surface area contributed by atoms with Gasteiger partial charge in [-0.2, -0.15) is 0 Å². The molecule has 3 rings (SSSR count). The first-order chi connectivity index (χ1) is 13.0. The first-order valence-corrected chi connectivity index (χ1v) is 8.51. The molecule has 1 saturated carbocycles. The van der Waals surface area contributed by atoms with Crippen LogP contribution in [-0.4, -0.2) is 36.5 Å². The van der Waals surface area contributed by atoms with Gasteiger partial charge in [-0.15, -0.1) is 0 Å². The normalized spacial score (nSPS) is 14.1. The summed E-state index contributed by atoms with van der Waals surface area (Å²) in [5, 5.41) is 13.8. The second kappa shape index (κ2) is 7.49. The van der Waals surface area contributed by atoms with Gasteiger partial charge in [0.1, 0.15) is 12.3 Å². The number of carboxylic acid groups (broad SMARTS) is 1. The fourth-order valence-electron chi connectivity index (χ4n) is 3.00. The second-order valence-corrected chi connectivity index (χ2v) is 6.39. The molecule has 7 heteroatoms. The topological polar surface area (TPSA) is 105 Å². The molecular formula is C20H20N2O5. The van der Waals surface area contributed by atoms with Crippen LogP contribution in [0.3, 0.4) is 0 Å². The Kier molecular flexibility index (Phi) is 5.12. The summed E-state index contributed by atoms with van der Waals surface area (Å²) in [6.07, 6.45) is 1.49. The van der Waals surface area contributed by atoms with Gasteiger partial charge in [-0.25, -0.2) is 0 Å². The fourth-order valence-corrected chi connectivity index (χ4v) is 3.00. The summed E-state index contributed by atoms with van der Waals surface area (Å²) >= 11 is 0. The number of anilines is 1. The number of amides is 2. The van der Waals surface area contributed by atoms with Gasteiger partial charge in [0.15, 0.2) is 0 Å². The molecule has 0 radical (unpaired) electrons. The number of hydrogen-bond acceptors (Lipinski definition) is 4. The first-order valence-electron chi connectivity index (χ1n) is 8.51. The predicted octanol–water partition coefficient (Wildman–Crippen LogP) is 2.18. The number of ether oxygens (including phenoxy) is 1. The summed E-state index contributed by atoms with van der Waals surface area (Å²) in [5.74, 6) is -1.02. The van der Waals surface area contributed by atoms with Crippen molar-refractivity contribution < 1.29 is 24.2 Å². The average molecular weight is 368 g/mol. The highest BCUT2D eigenvalue weighted by molar-refractivity contribution is 6.02. The maximum Gasteiger partial charge on any atom is 0.322 e. The lowest BCUT2D eigenvalue weighted by Crippen LogP contribution is -2.29. The van der Waals surface area contributed by atoms with Crippen molar-refractivity contribution in [2.45, 2.75) is 18.3 Å². The number of carbonyl (C=O) groups excluding carboxylic acids is 2. The van der Waals surface area contributed by atoms with Crippen LogP contribution in [0.5, 0.6) is 5.75 Å². The van der Waals surface area contributed by atoms with Crippen molar-refractivity contribution in [3.63, 3.8) is 0 Å². The SMILES string of the molecule is COc1ccccc1C1(C(=O)Nc2ccc(C(=O)NCC(=O)O)cc2)CC1. The molecule has 0 aliphatic heterocycles. The molecule has 0 spiro atoms. The average Bonchev–Trinajstić information content (AvgIpc) is 3.48. The number of carbonyl (C=O) groups is 3. The van der Waals surface area contributed by atoms with Crippen LogP contribution in [0, 0.1) is 0 Å². The van der Waals surface area contributed by atoms with Crippen molar-refractivity contribution in [1.82, 2.24) is 5.32 Å². The van der Waals surface area contributed by atoms with Gasteiger partial charge in [0.25, 0.3) is 5.91 Å². The van der Waals surface area contributed by atoms with Gasteiger partial charge in [-0.3, -0.25) is 14.4 Å². The van der Waals surface area contributed by atoms with Crippen LogP contribution >= 0.6 is 0 Å². The smallest absolute Gasteiger partial charge is 0.322 e. The molecule has 1 aliphatic rings. The van der Waals surface area contributed by atoms with E-state index in [1.54, 1.807) is 19.2 Å². The molecule has 140 valence electrons. The van der Waals surface area contributed by atoms with Gasteiger partial charge in [-0.1, -0.05) is 18.2 Å². The van der Waals surface area contributed by atoms with E-state index < -0.39 is 23.8 Å². The van der Waals surface area contributed by atoms with Crippen molar-refractivity contribution in [2.24, 2.45) is 0 Å². The van der Waals surface area contributed by atoms with Crippen molar-refractivity contribution >= 4 is 23.5 Å². The number of rotatable bonds is 7. The van der Waals surface area contributed by atoms with Crippen LogP contribution < -0.4 is 15.4 Å². The van der Waals surface area contributed by atoms with E-state index in [0.29, 0.717) is 17.0 Å². The largest absolute Gasteiger partial charge is 0.496 e. The molecule has 1 fully saturated rings. The van der Waals surface area contributed by atoms with Crippen LogP contribution in [0.4, 0.5) is 5.69 Å². The molecule has 2 aromatic rings. The Hall–Kier alpha value is -3.35. The van der Waals surface area contributed by atoms with Crippen LogP contribution in [0.2, 0.25) is 0 Å². The summed E-state index contributed by atoms with van der Waals surface area (Å²) < 4.78 is 5.39. The minimum Gasteiger partial charge on any atom is -0.496 e. The maximum absolute atomic E-state index is 12.9. The van der Waals surface area contributed by atoms with Crippen LogP contribution in [0.15, 0.2) is 48.5 Å². The zero-order valence-electron chi connectivity index (χ0n) is 14.8. The Bertz CT molecular complexity index is 872. The molecule has 0 saturated heterocycles. The number of carboxylic acids is 1. The van der Waals surface area contributed by atoms with Gasteiger partial charge in [0.2, 0.25) is 5.91 Å². The minimum absolute atomic E-state index is 0.116. The van der Waals surface area contributed by atoms with E-state index in [1.165, 1.54) is 12.1 Å². The maximum atomic E-state index is 12.9. The molecular weight excluding hydrogens is 348 g/mol. The lowest BCUT2D eigenvalue weighted by atomic mass is 9.94. The van der Waals surface area contributed by atoms with Crippen molar-refractivity contribution in [1.29, 1.82) is 0 Å². The zero-order valence-corrected chi connectivity index (χ0v) is 14.8. The van der Waals surface area contributed by atoms with Crippen molar-refractivity contribution in [3.05, 3.63) is 59.7 Å². The fraction of sp³-hybridized carbons (Fsp3) is 0.250. The zero-order chi connectivity index (χ0) is 19.4. The van der Waals surface area contributed by atoms with Gasteiger partial charge >= 0.3 is 5.97 Å². The van der Waals surface area contributed by atoms with E-state index in [-0.39, 0.29) is 5.91 Å². The Morgan fingerprint density at radius 2 is 1.74 bits per heavy atom. The molecule has 1 aliphatic carbocycles. The number of methoxy groups -OCH3 is 1. The monoisotopic (exact) mass is 368 g/mol. The molecule has 2 amide bonds. The van der Waals surface area contributed by atoms with E-state index in [9.17, 15) is 14.4 Å². The van der Waals surface area contributed by atoms with Gasteiger partial charge in [0, 0.05) is 16.8 Å². The van der Waals surface area contributed by atoms with E-state index in [2.05, 4.69) is 10.6 Å². The Balaban J connectivity index is 1.69. The number of hydrogen-bond donors (Lipinski definition) is 3. The first kappa shape index (κ1) is 18.4. The molecule has 0 heterocycles. The summed E-state index contributed by atoms with van der Waals surface area (Å²) in [6, 6.07) is 13.8. The van der Waals surface area contributed by atoms with E-state index >= 15 is 0 Å². The Labute approximate surface area is 156 Å². The third-order valence-corrected chi connectivity index (χ3v) is 4.61. The van der Waals surface area contributed by atoms with Gasteiger partial charge in [-0.05, 0) is 43.2 Å². The third-order valence-electron chi connectivity index (χ3n) is 4.61. The van der Waals surface area contributed by atoms with Gasteiger partial charge < -0.3 is 20.5 Å². The quantitative estimate of drug-likeness (QED) is 0.695. The van der Waals surface area contributed by atoms with E-state index in [1.807, 2.05) is 24.3 Å².